The lowest BCUT2D eigenvalue weighted by atomic mass is 9.85. The number of amides is 1. The number of anilines is 1. The fraction of sp³-hybridized carbons (Fsp3) is 0.708. The Morgan fingerprint density at radius 2 is 1.64 bits per heavy atom. The van der Waals surface area contributed by atoms with Crippen LogP contribution in [-0.4, -0.2) is 61.5 Å². The predicted molar refractivity (Wildman–Crippen MR) is 118 cm³/mol. The molecule has 0 saturated carbocycles. The number of hydrogen-bond acceptors (Lipinski definition) is 3. The monoisotopic (exact) mass is 385 g/mol. The molecule has 2 saturated heterocycles. The molecule has 0 aliphatic carbocycles. The molecule has 1 amide bonds. The van der Waals surface area contributed by atoms with Gasteiger partial charge in [0, 0.05) is 51.4 Å². The number of carbonyl (C=O) groups excluding carboxylic acids is 1. The van der Waals surface area contributed by atoms with E-state index >= 15 is 0 Å². The SMILES string of the molecule is Cc1cccc(N2CCN(CCCCN3CCC(C)(C)CCC3=O)CC2)c1C. The van der Waals surface area contributed by atoms with Gasteiger partial charge in [0.05, 0.1) is 0 Å². The van der Waals surface area contributed by atoms with Gasteiger partial charge in [0.15, 0.2) is 0 Å². The third-order valence-corrected chi connectivity index (χ3v) is 6.87. The van der Waals surface area contributed by atoms with Gasteiger partial charge in [-0.05, 0) is 68.7 Å². The van der Waals surface area contributed by atoms with Crippen molar-refractivity contribution in [1.82, 2.24) is 9.80 Å². The summed E-state index contributed by atoms with van der Waals surface area (Å²) in [5, 5.41) is 0. The van der Waals surface area contributed by atoms with Gasteiger partial charge in [0.1, 0.15) is 0 Å². The quantitative estimate of drug-likeness (QED) is 0.685. The van der Waals surface area contributed by atoms with Crippen molar-refractivity contribution in [2.75, 3.05) is 50.7 Å². The Labute approximate surface area is 171 Å². The van der Waals surface area contributed by atoms with Gasteiger partial charge in [-0.2, -0.15) is 0 Å². The van der Waals surface area contributed by atoms with Gasteiger partial charge in [-0.25, -0.2) is 0 Å². The summed E-state index contributed by atoms with van der Waals surface area (Å²) in [5.41, 5.74) is 4.52. The van der Waals surface area contributed by atoms with Crippen LogP contribution in [0.15, 0.2) is 18.2 Å². The molecule has 1 aromatic carbocycles. The average molecular weight is 386 g/mol. The normalized spacial score (nSPS) is 21.1. The first-order valence-corrected chi connectivity index (χ1v) is 11.2. The number of aryl methyl sites for hydroxylation is 1. The minimum atomic E-state index is 0.319. The van der Waals surface area contributed by atoms with Crippen LogP contribution in [0.4, 0.5) is 5.69 Å². The largest absolute Gasteiger partial charge is 0.369 e. The van der Waals surface area contributed by atoms with Crippen molar-refractivity contribution < 1.29 is 4.79 Å². The molecule has 0 bridgehead atoms. The molecule has 1 aromatic rings. The van der Waals surface area contributed by atoms with Gasteiger partial charge >= 0.3 is 0 Å². The van der Waals surface area contributed by atoms with Crippen molar-refractivity contribution in [3.63, 3.8) is 0 Å². The van der Waals surface area contributed by atoms with Crippen molar-refractivity contribution in [3.8, 4) is 0 Å². The van der Waals surface area contributed by atoms with Crippen LogP contribution in [-0.2, 0) is 4.79 Å². The Hall–Kier alpha value is -1.55. The standard InChI is InChI=1S/C24H39N3O/c1-20-8-7-9-22(21(20)2)26-18-16-25(17-19-26)13-5-6-14-27-15-12-24(3,4)11-10-23(27)28/h7-9H,5-6,10-19H2,1-4H3. The third kappa shape index (κ3) is 5.50. The highest BCUT2D eigenvalue weighted by Crippen LogP contribution is 2.30. The van der Waals surface area contributed by atoms with Crippen molar-refractivity contribution in [3.05, 3.63) is 29.3 Å². The summed E-state index contributed by atoms with van der Waals surface area (Å²) in [5.74, 6) is 0.368. The molecule has 4 heteroatoms. The Balaban J connectivity index is 1.37. The highest BCUT2D eigenvalue weighted by molar-refractivity contribution is 5.76. The van der Waals surface area contributed by atoms with Crippen molar-refractivity contribution in [1.29, 1.82) is 0 Å². The number of likely N-dealkylation sites (tertiary alicyclic amines) is 1. The molecular weight excluding hydrogens is 346 g/mol. The Kier molecular flexibility index (Phi) is 7.03. The van der Waals surface area contributed by atoms with Gasteiger partial charge in [0.25, 0.3) is 0 Å². The Morgan fingerprint density at radius 3 is 2.39 bits per heavy atom. The zero-order chi connectivity index (χ0) is 20.1. The molecule has 0 N–H and O–H groups in total. The van der Waals surface area contributed by atoms with E-state index in [1.807, 2.05) is 0 Å². The van der Waals surface area contributed by atoms with Crippen LogP contribution >= 0.6 is 0 Å². The number of carbonyl (C=O) groups is 1. The van der Waals surface area contributed by atoms with Crippen LogP contribution in [0.5, 0.6) is 0 Å². The lowest BCUT2D eigenvalue weighted by Crippen LogP contribution is -2.47. The smallest absolute Gasteiger partial charge is 0.222 e. The van der Waals surface area contributed by atoms with Crippen LogP contribution in [0.2, 0.25) is 0 Å². The number of unbranched alkanes of at least 4 members (excludes halogenated alkanes) is 1. The van der Waals surface area contributed by atoms with Gasteiger partial charge in [-0.15, -0.1) is 0 Å². The van der Waals surface area contributed by atoms with E-state index in [1.54, 1.807) is 0 Å². The summed E-state index contributed by atoms with van der Waals surface area (Å²) in [6.45, 7) is 16.6. The second kappa shape index (κ2) is 9.30. The number of hydrogen-bond donors (Lipinski definition) is 0. The van der Waals surface area contributed by atoms with E-state index in [-0.39, 0.29) is 0 Å². The van der Waals surface area contributed by atoms with Gasteiger partial charge in [-0.1, -0.05) is 26.0 Å². The highest BCUT2D eigenvalue weighted by Gasteiger charge is 2.27. The third-order valence-electron chi connectivity index (χ3n) is 6.87. The van der Waals surface area contributed by atoms with E-state index in [0.717, 1.165) is 71.5 Å². The summed E-state index contributed by atoms with van der Waals surface area (Å²) >= 11 is 0. The van der Waals surface area contributed by atoms with Crippen LogP contribution in [0, 0.1) is 19.3 Å². The maximum absolute atomic E-state index is 12.3. The van der Waals surface area contributed by atoms with Crippen LogP contribution in [0.25, 0.3) is 0 Å². The minimum Gasteiger partial charge on any atom is -0.369 e. The van der Waals surface area contributed by atoms with E-state index in [4.69, 9.17) is 0 Å². The van der Waals surface area contributed by atoms with Gasteiger partial charge in [-0.3, -0.25) is 9.69 Å². The van der Waals surface area contributed by atoms with E-state index < -0.39 is 0 Å². The van der Waals surface area contributed by atoms with Crippen LogP contribution < -0.4 is 4.90 Å². The summed E-state index contributed by atoms with van der Waals surface area (Å²) in [7, 11) is 0. The summed E-state index contributed by atoms with van der Waals surface area (Å²) < 4.78 is 0. The topological polar surface area (TPSA) is 26.8 Å². The second-order valence-corrected chi connectivity index (χ2v) is 9.55. The molecule has 4 nitrogen and oxygen atoms in total. The second-order valence-electron chi connectivity index (χ2n) is 9.55. The molecule has 28 heavy (non-hydrogen) atoms. The molecule has 0 spiro atoms. The van der Waals surface area contributed by atoms with E-state index in [0.29, 0.717) is 11.3 Å². The molecule has 0 atom stereocenters. The summed E-state index contributed by atoms with van der Waals surface area (Å²) in [4.78, 5) is 19.6. The van der Waals surface area contributed by atoms with Gasteiger partial charge < -0.3 is 9.80 Å². The van der Waals surface area contributed by atoms with Crippen LogP contribution in [0.1, 0.15) is 57.1 Å². The predicted octanol–water partition coefficient (Wildman–Crippen LogP) is 4.24. The maximum atomic E-state index is 12.3. The Morgan fingerprint density at radius 1 is 0.929 bits per heavy atom. The lowest BCUT2D eigenvalue weighted by molar-refractivity contribution is -0.130. The first-order chi connectivity index (χ1) is 13.4. The Bertz CT molecular complexity index is 662. The fourth-order valence-electron chi connectivity index (χ4n) is 4.46. The van der Waals surface area contributed by atoms with Crippen LogP contribution in [0.3, 0.4) is 0 Å². The zero-order valence-corrected chi connectivity index (χ0v) is 18.5. The number of piperazine rings is 1. The summed E-state index contributed by atoms with van der Waals surface area (Å²) in [6, 6.07) is 6.64. The first kappa shape index (κ1) is 21.2. The molecule has 3 rings (SSSR count). The summed E-state index contributed by atoms with van der Waals surface area (Å²) in [6.07, 6.45) is 5.22. The maximum Gasteiger partial charge on any atom is 0.222 e. The van der Waals surface area contributed by atoms with Gasteiger partial charge in [0.2, 0.25) is 5.91 Å². The van der Waals surface area contributed by atoms with Crippen molar-refractivity contribution >= 4 is 11.6 Å². The molecule has 156 valence electrons. The molecule has 2 heterocycles. The minimum absolute atomic E-state index is 0.319. The number of rotatable bonds is 6. The molecule has 0 unspecified atom stereocenters. The number of nitrogens with zero attached hydrogens (tertiary/aromatic N) is 3. The van der Waals surface area contributed by atoms with E-state index in [1.165, 1.54) is 23.2 Å². The fourth-order valence-corrected chi connectivity index (χ4v) is 4.46. The molecular formula is C24H39N3O. The molecule has 2 aliphatic rings. The zero-order valence-electron chi connectivity index (χ0n) is 18.5. The molecule has 2 aliphatic heterocycles. The van der Waals surface area contributed by atoms with E-state index in [9.17, 15) is 4.79 Å². The molecule has 2 fully saturated rings. The van der Waals surface area contributed by atoms with Crippen molar-refractivity contribution in [2.45, 2.75) is 59.8 Å². The first-order valence-electron chi connectivity index (χ1n) is 11.2. The lowest BCUT2D eigenvalue weighted by Gasteiger charge is -2.37. The average Bonchev–Trinajstić information content (AvgIpc) is 2.80. The molecule has 0 radical (unpaired) electrons. The van der Waals surface area contributed by atoms with E-state index in [2.05, 4.69) is 60.6 Å². The number of benzene rings is 1. The highest BCUT2D eigenvalue weighted by atomic mass is 16.2. The molecule has 0 aromatic heterocycles. The van der Waals surface area contributed by atoms with Crippen molar-refractivity contribution in [2.24, 2.45) is 5.41 Å².